The Balaban J connectivity index is 1.94. The zero-order valence-electron chi connectivity index (χ0n) is 9.61. The molecule has 1 N–H and O–H groups in total. The molecule has 1 aromatic carbocycles. The van der Waals surface area contributed by atoms with Crippen LogP contribution in [-0.2, 0) is 0 Å². The first-order chi connectivity index (χ1) is 8.75. The van der Waals surface area contributed by atoms with E-state index in [-0.39, 0.29) is 11.7 Å². The number of aromatic carboxylic acids is 1. The molecule has 0 atom stereocenters. The number of benzene rings is 1. The molecule has 0 bridgehead atoms. The van der Waals surface area contributed by atoms with Gasteiger partial charge in [0, 0.05) is 0 Å². The summed E-state index contributed by atoms with van der Waals surface area (Å²) >= 11 is 0. The SMILES string of the molecule is O=C(O)c1c(Oc2ccccc2)cnn1C1CC1. The topological polar surface area (TPSA) is 64.3 Å². The van der Waals surface area contributed by atoms with Gasteiger partial charge in [-0.25, -0.2) is 4.79 Å². The van der Waals surface area contributed by atoms with E-state index in [4.69, 9.17) is 4.74 Å². The lowest BCUT2D eigenvalue weighted by Crippen LogP contribution is -2.09. The summed E-state index contributed by atoms with van der Waals surface area (Å²) in [5.41, 5.74) is 0.126. The van der Waals surface area contributed by atoms with Crippen LogP contribution in [0.4, 0.5) is 0 Å². The van der Waals surface area contributed by atoms with Crippen molar-refractivity contribution in [3.63, 3.8) is 0 Å². The van der Waals surface area contributed by atoms with Crippen LogP contribution in [0.3, 0.4) is 0 Å². The van der Waals surface area contributed by atoms with Gasteiger partial charge in [-0.3, -0.25) is 4.68 Å². The van der Waals surface area contributed by atoms with E-state index in [0.29, 0.717) is 11.5 Å². The molecule has 18 heavy (non-hydrogen) atoms. The van der Waals surface area contributed by atoms with Gasteiger partial charge in [-0.2, -0.15) is 5.10 Å². The first-order valence-electron chi connectivity index (χ1n) is 5.79. The zero-order chi connectivity index (χ0) is 12.5. The molecule has 0 aliphatic heterocycles. The Morgan fingerprint density at radius 2 is 2.06 bits per heavy atom. The van der Waals surface area contributed by atoms with Gasteiger partial charge in [0.2, 0.25) is 0 Å². The smallest absolute Gasteiger partial charge is 0.358 e. The van der Waals surface area contributed by atoms with E-state index < -0.39 is 5.97 Å². The van der Waals surface area contributed by atoms with Crippen molar-refractivity contribution in [3.8, 4) is 11.5 Å². The fourth-order valence-electron chi connectivity index (χ4n) is 1.84. The van der Waals surface area contributed by atoms with Gasteiger partial charge in [-0.05, 0) is 25.0 Å². The summed E-state index contributed by atoms with van der Waals surface area (Å²) in [4.78, 5) is 11.3. The van der Waals surface area contributed by atoms with Crippen LogP contribution in [0.25, 0.3) is 0 Å². The average Bonchev–Trinajstić information content (AvgIpc) is 3.12. The summed E-state index contributed by atoms with van der Waals surface area (Å²) in [6, 6.07) is 9.31. The third-order valence-electron chi connectivity index (χ3n) is 2.83. The second kappa shape index (κ2) is 4.18. The molecule has 0 amide bonds. The number of para-hydroxylation sites is 1. The quantitative estimate of drug-likeness (QED) is 0.898. The maximum atomic E-state index is 11.3. The fourth-order valence-corrected chi connectivity index (χ4v) is 1.84. The summed E-state index contributed by atoms with van der Waals surface area (Å²) < 4.78 is 7.11. The highest BCUT2D eigenvalue weighted by molar-refractivity contribution is 5.89. The molecular formula is C13H12N2O3. The van der Waals surface area contributed by atoms with Crippen LogP contribution in [0.5, 0.6) is 11.5 Å². The van der Waals surface area contributed by atoms with Crippen molar-refractivity contribution in [1.82, 2.24) is 9.78 Å². The van der Waals surface area contributed by atoms with Gasteiger partial charge < -0.3 is 9.84 Å². The summed E-state index contributed by atoms with van der Waals surface area (Å²) in [7, 11) is 0. The fraction of sp³-hybridized carbons (Fsp3) is 0.231. The normalized spacial score (nSPS) is 14.4. The van der Waals surface area contributed by atoms with Crippen LogP contribution in [0, 0.1) is 0 Å². The molecule has 92 valence electrons. The van der Waals surface area contributed by atoms with Gasteiger partial charge in [0.1, 0.15) is 5.75 Å². The minimum atomic E-state index is -1.01. The van der Waals surface area contributed by atoms with Gasteiger partial charge in [0.05, 0.1) is 12.2 Å². The van der Waals surface area contributed by atoms with Crippen molar-refractivity contribution in [2.24, 2.45) is 0 Å². The van der Waals surface area contributed by atoms with E-state index in [1.807, 2.05) is 18.2 Å². The van der Waals surface area contributed by atoms with E-state index in [2.05, 4.69) is 5.10 Å². The predicted molar refractivity (Wildman–Crippen MR) is 64.0 cm³/mol. The number of carboxylic acids is 1. The molecule has 1 heterocycles. The third kappa shape index (κ3) is 1.95. The minimum absolute atomic E-state index is 0.126. The third-order valence-corrected chi connectivity index (χ3v) is 2.83. The number of hydrogen-bond acceptors (Lipinski definition) is 3. The Bertz CT molecular complexity index is 573. The Morgan fingerprint density at radius 3 is 2.67 bits per heavy atom. The Labute approximate surface area is 104 Å². The lowest BCUT2D eigenvalue weighted by molar-refractivity contribution is 0.0680. The molecule has 0 unspecified atom stereocenters. The molecule has 0 radical (unpaired) electrons. The molecule has 1 aliphatic carbocycles. The molecule has 1 aromatic heterocycles. The Hall–Kier alpha value is -2.30. The van der Waals surface area contributed by atoms with Crippen molar-refractivity contribution in [2.45, 2.75) is 18.9 Å². The lowest BCUT2D eigenvalue weighted by Gasteiger charge is -2.05. The summed E-state index contributed by atoms with van der Waals surface area (Å²) in [6.45, 7) is 0. The lowest BCUT2D eigenvalue weighted by atomic mass is 10.3. The number of rotatable bonds is 4. The van der Waals surface area contributed by atoms with Crippen molar-refractivity contribution >= 4 is 5.97 Å². The van der Waals surface area contributed by atoms with Crippen molar-refractivity contribution in [1.29, 1.82) is 0 Å². The number of hydrogen-bond donors (Lipinski definition) is 1. The van der Waals surface area contributed by atoms with Crippen LogP contribution >= 0.6 is 0 Å². The largest absolute Gasteiger partial charge is 0.476 e. The van der Waals surface area contributed by atoms with E-state index in [0.717, 1.165) is 12.8 Å². The number of ether oxygens (including phenoxy) is 1. The Kier molecular flexibility index (Phi) is 2.51. The van der Waals surface area contributed by atoms with E-state index in [1.165, 1.54) is 6.20 Å². The number of carboxylic acid groups (broad SMARTS) is 1. The number of aromatic nitrogens is 2. The van der Waals surface area contributed by atoms with E-state index in [9.17, 15) is 9.90 Å². The van der Waals surface area contributed by atoms with E-state index in [1.54, 1.807) is 16.8 Å². The minimum Gasteiger partial charge on any atom is -0.476 e. The molecule has 0 spiro atoms. The van der Waals surface area contributed by atoms with Gasteiger partial charge in [0.15, 0.2) is 11.4 Å². The number of nitrogens with zero attached hydrogens (tertiary/aromatic N) is 2. The van der Waals surface area contributed by atoms with Gasteiger partial charge in [-0.15, -0.1) is 0 Å². The molecule has 1 saturated carbocycles. The van der Waals surface area contributed by atoms with Gasteiger partial charge in [-0.1, -0.05) is 18.2 Å². The first kappa shape index (κ1) is 10.8. The second-order valence-corrected chi connectivity index (χ2v) is 4.25. The van der Waals surface area contributed by atoms with Crippen LogP contribution in [0.15, 0.2) is 36.5 Å². The van der Waals surface area contributed by atoms with Crippen LogP contribution in [-0.4, -0.2) is 20.9 Å². The predicted octanol–water partition coefficient (Wildman–Crippen LogP) is 2.71. The highest BCUT2D eigenvalue weighted by atomic mass is 16.5. The molecule has 3 rings (SSSR count). The van der Waals surface area contributed by atoms with E-state index >= 15 is 0 Å². The van der Waals surface area contributed by atoms with Crippen LogP contribution < -0.4 is 4.74 Å². The molecule has 5 nitrogen and oxygen atoms in total. The average molecular weight is 244 g/mol. The molecule has 0 saturated heterocycles. The highest BCUT2D eigenvalue weighted by Crippen LogP contribution is 2.38. The first-order valence-corrected chi connectivity index (χ1v) is 5.79. The maximum Gasteiger partial charge on any atom is 0.358 e. The summed E-state index contributed by atoms with van der Waals surface area (Å²) in [5.74, 6) is -0.110. The standard InChI is InChI=1S/C13H12N2O3/c16-13(17)12-11(8-14-15(12)9-6-7-9)18-10-4-2-1-3-5-10/h1-5,8-9H,6-7H2,(H,16,17). The van der Waals surface area contributed by atoms with Gasteiger partial charge in [0.25, 0.3) is 0 Å². The Morgan fingerprint density at radius 1 is 1.33 bits per heavy atom. The zero-order valence-corrected chi connectivity index (χ0v) is 9.61. The molecule has 5 heteroatoms. The number of carbonyl (C=O) groups is 1. The molecule has 1 fully saturated rings. The van der Waals surface area contributed by atoms with Crippen molar-refractivity contribution in [3.05, 3.63) is 42.2 Å². The van der Waals surface area contributed by atoms with Crippen molar-refractivity contribution in [2.75, 3.05) is 0 Å². The van der Waals surface area contributed by atoms with Crippen LogP contribution in [0.1, 0.15) is 29.4 Å². The molecular weight excluding hydrogens is 232 g/mol. The summed E-state index contributed by atoms with van der Waals surface area (Å²) in [5, 5.41) is 13.4. The molecule has 2 aromatic rings. The van der Waals surface area contributed by atoms with Crippen LogP contribution in [0.2, 0.25) is 0 Å². The highest BCUT2D eigenvalue weighted by Gasteiger charge is 2.31. The molecule has 1 aliphatic rings. The summed E-state index contributed by atoms with van der Waals surface area (Å²) in [6.07, 6.45) is 3.42. The second-order valence-electron chi connectivity index (χ2n) is 4.25. The maximum absolute atomic E-state index is 11.3. The van der Waals surface area contributed by atoms with Gasteiger partial charge >= 0.3 is 5.97 Å². The monoisotopic (exact) mass is 244 g/mol. The van der Waals surface area contributed by atoms with Crippen molar-refractivity contribution < 1.29 is 14.6 Å².